The van der Waals surface area contributed by atoms with Crippen LogP contribution in [-0.4, -0.2) is 34.7 Å². The van der Waals surface area contributed by atoms with Gasteiger partial charge in [0.25, 0.3) is 5.91 Å². The number of amides is 3. The summed E-state index contributed by atoms with van der Waals surface area (Å²) >= 11 is 0. The molecule has 25 heavy (non-hydrogen) atoms. The molecule has 0 spiro atoms. The first kappa shape index (κ1) is 17.0. The largest absolute Gasteiger partial charge is 0.325 e. The van der Waals surface area contributed by atoms with Gasteiger partial charge >= 0.3 is 6.03 Å². The highest BCUT2D eigenvalue weighted by molar-refractivity contribution is 6.09. The molecule has 1 N–H and O–H groups in total. The fraction of sp³-hybridized carbons (Fsp3) is 0.850. The number of nitrogens with zero attached hydrogens (tertiary/aromatic N) is 1. The summed E-state index contributed by atoms with van der Waals surface area (Å²) in [6, 6.07) is -0.397. The Labute approximate surface area is 149 Å². The average Bonchev–Trinajstić information content (AvgIpc) is 2.68. The van der Waals surface area contributed by atoms with E-state index in [0.717, 1.165) is 19.3 Å². The first-order chi connectivity index (χ1) is 11.7. The van der Waals surface area contributed by atoms with E-state index < -0.39 is 11.6 Å². The Morgan fingerprint density at radius 3 is 2.12 bits per heavy atom. The zero-order valence-corrected chi connectivity index (χ0v) is 15.6. The topological polar surface area (TPSA) is 66.5 Å². The molecule has 1 saturated heterocycles. The number of nitrogens with one attached hydrogen (secondary N) is 1. The molecule has 5 aliphatic rings. The number of imide groups is 1. The van der Waals surface area contributed by atoms with Crippen molar-refractivity contribution in [3.63, 3.8) is 0 Å². The molecule has 4 bridgehead atoms. The summed E-state index contributed by atoms with van der Waals surface area (Å²) in [4.78, 5) is 39.6. The molecule has 0 aromatic carbocycles. The Morgan fingerprint density at radius 1 is 1.12 bits per heavy atom. The molecule has 1 heterocycles. The zero-order valence-electron chi connectivity index (χ0n) is 15.6. The highest BCUT2D eigenvalue weighted by atomic mass is 16.2. The Balaban J connectivity index is 1.50. The second kappa shape index (κ2) is 5.55. The Hall–Kier alpha value is -1.39. The first-order valence-corrected chi connectivity index (χ1v) is 9.88. The minimum Gasteiger partial charge on any atom is -0.323 e. The number of urea groups is 1. The maximum Gasteiger partial charge on any atom is 0.325 e. The molecule has 3 amide bonds. The predicted octanol–water partition coefficient (Wildman–Crippen LogP) is 3.13. The molecule has 1 unspecified atom stereocenters. The van der Waals surface area contributed by atoms with E-state index in [2.05, 4.69) is 5.32 Å². The van der Waals surface area contributed by atoms with Crippen molar-refractivity contribution in [2.24, 2.45) is 29.1 Å². The highest BCUT2D eigenvalue weighted by Gasteiger charge is 2.56. The molecule has 138 valence electrons. The van der Waals surface area contributed by atoms with Crippen molar-refractivity contribution in [2.45, 2.75) is 71.3 Å². The van der Waals surface area contributed by atoms with Gasteiger partial charge in [-0.05, 0) is 75.5 Å². The molecule has 0 radical (unpaired) electrons. The van der Waals surface area contributed by atoms with Gasteiger partial charge in [0, 0.05) is 5.41 Å². The monoisotopic (exact) mass is 346 g/mol. The lowest BCUT2D eigenvalue weighted by molar-refractivity contribution is -0.147. The second-order valence-corrected chi connectivity index (χ2v) is 9.87. The maximum absolute atomic E-state index is 13.2. The fourth-order valence-electron chi connectivity index (χ4n) is 6.61. The number of hydrogen-bond acceptors (Lipinski definition) is 3. The molecule has 0 aromatic rings. The van der Waals surface area contributed by atoms with Crippen LogP contribution < -0.4 is 5.32 Å². The zero-order chi connectivity index (χ0) is 18.0. The van der Waals surface area contributed by atoms with Gasteiger partial charge in [0.1, 0.15) is 5.54 Å². The number of carbonyl (C=O) groups excluding carboxylic acids is 3. The van der Waals surface area contributed by atoms with Gasteiger partial charge in [-0.1, -0.05) is 13.8 Å². The second-order valence-electron chi connectivity index (χ2n) is 9.87. The molecule has 0 aromatic heterocycles. The molecular formula is C20H30N2O3. The van der Waals surface area contributed by atoms with E-state index in [1.807, 2.05) is 13.8 Å². The van der Waals surface area contributed by atoms with E-state index in [4.69, 9.17) is 0 Å². The summed E-state index contributed by atoms with van der Waals surface area (Å²) in [6.45, 7) is 5.81. The van der Waals surface area contributed by atoms with E-state index in [1.165, 1.54) is 24.2 Å². The summed E-state index contributed by atoms with van der Waals surface area (Å²) in [5.41, 5.74) is -1.13. The van der Waals surface area contributed by atoms with Gasteiger partial charge in [0.2, 0.25) is 0 Å². The van der Waals surface area contributed by atoms with Crippen LogP contribution in [0.5, 0.6) is 0 Å². The summed E-state index contributed by atoms with van der Waals surface area (Å²) in [5.74, 6) is 2.25. The summed E-state index contributed by atoms with van der Waals surface area (Å²) in [5, 5.41) is 2.83. The van der Waals surface area contributed by atoms with Crippen LogP contribution in [0, 0.1) is 29.1 Å². The SMILES string of the molecule is CC(C)CC1(C)NC(=O)N(CC(=O)C23CC4CC(CC(C4)C2)C3)C1=O. The van der Waals surface area contributed by atoms with Crippen LogP contribution in [0.2, 0.25) is 0 Å². The molecule has 1 atom stereocenters. The van der Waals surface area contributed by atoms with Crippen LogP contribution in [-0.2, 0) is 9.59 Å². The quantitative estimate of drug-likeness (QED) is 0.778. The van der Waals surface area contributed by atoms with Gasteiger partial charge < -0.3 is 5.32 Å². The Morgan fingerprint density at radius 2 is 1.64 bits per heavy atom. The normalized spacial score (nSPS) is 42.4. The molecule has 1 aliphatic heterocycles. The van der Waals surface area contributed by atoms with Crippen LogP contribution in [0.15, 0.2) is 0 Å². The molecular weight excluding hydrogens is 316 g/mol. The van der Waals surface area contributed by atoms with Crippen molar-refractivity contribution in [1.82, 2.24) is 10.2 Å². The third-order valence-electron chi connectivity index (χ3n) is 7.09. The van der Waals surface area contributed by atoms with Crippen LogP contribution in [0.1, 0.15) is 65.7 Å². The van der Waals surface area contributed by atoms with Crippen LogP contribution in [0.3, 0.4) is 0 Å². The van der Waals surface area contributed by atoms with E-state index in [-0.39, 0.29) is 23.7 Å². The van der Waals surface area contributed by atoms with Gasteiger partial charge in [0.05, 0.1) is 6.54 Å². The van der Waals surface area contributed by atoms with Gasteiger partial charge in [-0.2, -0.15) is 0 Å². The van der Waals surface area contributed by atoms with Crippen LogP contribution >= 0.6 is 0 Å². The summed E-state index contributed by atoms with van der Waals surface area (Å²) in [6.07, 6.45) is 7.37. The van der Waals surface area contributed by atoms with E-state index in [1.54, 1.807) is 6.92 Å². The lowest BCUT2D eigenvalue weighted by atomic mass is 9.48. The highest BCUT2D eigenvalue weighted by Crippen LogP contribution is 2.60. The van der Waals surface area contributed by atoms with Crippen molar-refractivity contribution >= 4 is 17.7 Å². The standard InChI is InChI=1S/C20H30N2O3/c1-12(2)7-19(3)17(24)22(18(25)21-19)11-16(23)20-8-13-4-14(9-20)6-15(5-13)10-20/h12-15H,4-11H2,1-3H3,(H,21,25). The van der Waals surface area contributed by atoms with E-state index in [9.17, 15) is 14.4 Å². The number of hydrogen-bond donors (Lipinski definition) is 1. The van der Waals surface area contributed by atoms with E-state index in [0.29, 0.717) is 30.1 Å². The Bertz CT molecular complexity index is 591. The fourth-order valence-corrected chi connectivity index (χ4v) is 6.61. The minimum absolute atomic E-state index is 0.0372. The number of ketones is 1. The molecule has 5 heteroatoms. The number of Topliss-reactive ketones (excluding diaryl/α,β-unsaturated/α-hetero) is 1. The summed E-state index contributed by atoms with van der Waals surface area (Å²) in [7, 11) is 0. The van der Waals surface area contributed by atoms with Crippen LogP contribution in [0.25, 0.3) is 0 Å². The lowest BCUT2D eigenvalue weighted by Gasteiger charge is -2.56. The van der Waals surface area contributed by atoms with Crippen molar-refractivity contribution in [1.29, 1.82) is 0 Å². The third-order valence-corrected chi connectivity index (χ3v) is 7.09. The lowest BCUT2D eigenvalue weighted by Crippen LogP contribution is -2.53. The van der Waals surface area contributed by atoms with Gasteiger partial charge in [-0.15, -0.1) is 0 Å². The van der Waals surface area contributed by atoms with Gasteiger partial charge in [0.15, 0.2) is 5.78 Å². The molecule has 4 saturated carbocycles. The summed E-state index contributed by atoms with van der Waals surface area (Å²) < 4.78 is 0. The maximum atomic E-state index is 13.2. The molecule has 5 rings (SSSR count). The van der Waals surface area contributed by atoms with Crippen molar-refractivity contribution < 1.29 is 14.4 Å². The van der Waals surface area contributed by atoms with Gasteiger partial charge in [-0.3, -0.25) is 14.5 Å². The van der Waals surface area contributed by atoms with Crippen molar-refractivity contribution in [2.75, 3.05) is 6.54 Å². The van der Waals surface area contributed by atoms with Crippen molar-refractivity contribution in [3.8, 4) is 0 Å². The predicted molar refractivity (Wildman–Crippen MR) is 93.7 cm³/mol. The van der Waals surface area contributed by atoms with Gasteiger partial charge in [-0.25, -0.2) is 4.79 Å². The smallest absolute Gasteiger partial charge is 0.323 e. The average molecular weight is 346 g/mol. The number of rotatable bonds is 5. The number of carbonyl (C=O) groups is 3. The Kier molecular flexibility index (Phi) is 3.79. The molecule has 4 aliphatic carbocycles. The first-order valence-electron chi connectivity index (χ1n) is 9.88. The molecule has 5 fully saturated rings. The third kappa shape index (κ3) is 2.70. The van der Waals surface area contributed by atoms with Crippen LogP contribution in [0.4, 0.5) is 4.79 Å². The van der Waals surface area contributed by atoms with Crippen molar-refractivity contribution in [3.05, 3.63) is 0 Å². The minimum atomic E-state index is -0.868. The molecule has 5 nitrogen and oxygen atoms in total. The van der Waals surface area contributed by atoms with E-state index >= 15 is 0 Å².